The Balaban J connectivity index is 2.55. The minimum absolute atomic E-state index is 0.0809. The number of hydrogen-bond donors (Lipinski definition) is 0. The lowest BCUT2D eigenvalue weighted by Crippen LogP contribution is -2.94. The van der Waals surface area contributed by atoms with Crippen molar-refractivity contribution in [3.8, 4) is 0 Å². The van der Waals surface area contributed by atoms with Gasteiger partial charge < -0.3 is 8.85 Å². The summed E-state index contributed by atoms with van der Waals surface area (Å²) in [5.74, 6) is 1.11. The van der Waals surface area contributed by atoms with Gasteiger partial charge >= 0.3 is 0 Å². The molecule has 1 aliphatic heterocycles. The lowest BCUT2D eigenvalue weighted by molar-refractivity contribution is -0.0226. The maximum Gasteiger partial charge on any atom is 0.257 e. The van der Waals surface area contributed by atoms with Crippen LogP contribution in [0.2, 0.25) is 58.9 Å². The second-order valence-electron chi connectivity index (χ2n) is 13.9. The van der Waals surface area contributed by atoms with Crippen LogP contribution in [0, 0.1) is 5.41 Å². The Morgan fingerprint density at radius 3 is 1.38 bits per heavy atom. The molecule has 186 valence electrons. The molecule has 0 N–H and O–H groups in total. The van der Waals surface area contributed by atoms with E-state index < -0.39 is 30.9 Å². The summed E-state index contributed by atoms with van der Waals surface area (Å²) >= 11 is 0. The summed E-state index contributed by atoms with van der Waals surface area (Å²) < 4.78 is 15.2. The normalized spacial score (nSPS) is 21.0. The van der Waals surface area contributed by atoms with Crippen LogP contribution in [0.15, 0.2) is 66.4 Å². The largest absolute Gasteiger partial charge is 0.546 e. The highest BCUT2D eigenvalue weighted by molar-refractivity contribution is 7.68. The monoisotopic (exact) mass is 526 g/mol. The SMILES string of the molecule is CC(C)(C)C1(O[Si](C)(C)C)C(=C(c2ccccc2)c2ccccc2)O[Si]1([Si](C)(C)C)[Si](C)(C)C. The Kier molecular flexibility index (Phi) is 7.03. The van der Waals surface area contributed by atoms with Crippen molar-refractivity contribution < 1.29 is 8.85 Å². The summed E-state index contributed by atoms with van der Waals surface area (Å²) in [4.78, 5) is 0. The zero-order valence-corrected chi connectivity index (χ0v) is 27.6. The molecule has 1 aliphatic rings. The first-order valence-corrected chi connectivity index (χ1v) is 27.0. The van der Waals surface area contributed by atoms with Crippen LogP contribution in [0.25, 0.3) is 5.57 Å². The van der Waals surface area contributed by atoms with Crippen molar-refractivity contribution in [1.29, 1.82) is 0 Å². The standard InChI is InChI=1S/C28H46O2Si4/c1-27(2,3)28(30-31(4,5)6)26(29-34(28,32(7,8)9)33(10,11)12)25(23-19-15-13-16-20-23)24-21-17-14-18-22-24/h13-22H,1-12H3. The number of benzene rings is 2. The third kappa shape index (κ3) is 4.30. The molecule has 0 aliphatic carbocycles. The average molecular weight is 527 g/mol. The van der Waals surface area contributed by atoms with Crippen molar-refractivity contribution in [3.05, 3.63) is 77.5 Å². The lowest BCUT2D eigenvalue weighted by Gasteiger charge is -2.72. The van der Waals surface area contributed by atoms with Gasteiger partial charge in [0.15, 0.2) is 8.32 Å². The van der Waals surface area contributed by atoms with Crippen LogP contribution in [0.1, 0.15) is 31.9 Å². The van der Waals surface area contributed by atoms with E-state index in [1.165, 1.54) is 16.7 Å². The summed E-state index contributed by atoms with van der Waals surface area (Å²) in [7, 11) is -7.78. The summed E-state index contributed by atoms with van der Waals surface area (Å²) in [5, 5.41) is -0.347. The fraction of sp³-hybridized carbons (Fsp3) is 0.500. The highest BCUT2D eigenvalue weighted by atomic mass is 29.7. The van der Waals surface area contributed by atoms with E-state index in [0.717, 1.165) is 5.76 Å². The van der Waals surface area contributed by atoms with E-state index in [0.29, 0.717) is 0 Å². The van der Waals surface area contributed by atoms with Gasteiger partial charge in [-0.15, -0.1) is 0 Å². The molecule has 1 unspecified atom stereocenters. The quantitative estimate of drug-likeness (QED) is 0.352. The van der Waals surface area contributed by atoms with Crippen LogP contribution in [0.3, 0.4) is 0 Å². The van der Waals surface area contributed by atoms with E-state index in [2.05, 4.69) is 140 Å². The van der Waals surface area contributed by atoms with E-state index >= 15 is 0 Å². The van der Waals surface area contributed by atoms with Gasteiger partial charge in [0.1, 0.15) is 11.0 Å². The molecule has 2 aromatic carbocycles. The second-order valence-corrected chi connectivity index (χ2v) is 44.3. The molecular weight excluding hydrogens is 481 g/mol. The molecule has 3 rings (SSSR count). The molecule has 34 heavy (non-hydrogen) atoms. The number of hydrogen-bond acceptors (Lipinski definition) is 2. The minimum Gasteiger partial charge on any atom is -0.546 e. The summed E-state index contributed by atoms with van der Waals surface area (Å²) in [6.07, 6.45) is 0. The van der Waals surface area contributed by atoms with Gasteiger partial charge in [-0.05, 0) is 36.2 Å². The van der Waals surface area contributed by atoms with Crippen molar-refractivity contribution in [2.75, 3.05) is 0 Å². The van der Waals surface area contributed by atoms with Crippen molar-refractivity contribution in [3.63, 3.8) is 0 Å². The maximum atomic E-state index is 7.62. The van der Waals surface area contributed by atoms with Gasteiger partial charge in [0, 0.05) is 5.57 Å². The van der Waals surface area contributed by atoms with Crippen molar-refractivity contribution in [1.82, 2.24) is 0 Å². The number of rotatable bonds is 6. The minimum atomic E-state index is -2.33. The molecule has 2 aromatic rings. The molecule has 0 radical (unpaired) electrons. The third-order valence-electron chi connectivity index (χ3n) is 7.05. The van der Waals surface area contributed by atoms with Gasteiger partial charge in [-0.1, -0.05) is 121 Å². The Morgan fingerprint density at radius 2 is 1.09 bits per heavy atom. The van der Waals surface area contributed by atoms with E-state index in [4.69, 9.17) is 8.85 Å². The van der Waals surface area contributed by atoms with Gasteiger partial charge in [-0.25, -0.2) is 0 Å². The van der Waals surface area contributed by atoms with E-state index in [9.17, 15) is 0 Å². The summed E-state index contributed by atoms with van der Waals surface area (Å²) in [6.45, 7) is 29.6. The smallest absolute Gasteiger partial charge is 0.257 e. The lowest BCUT2D eigenvalue weighted by atomic mass is 9.83. The molecule has 0 amide bonds. The van der Waals surface area contributed by atoms with Crippen molar-refractivity contribution in [2.45, 2.75) is 84.9 Å². The second kappa shape index (κ2) is 8.73. The summed E-state index contributed by atoms with van der Waals surface area (Å²) in [5.41, 5.74) is 3.56. The Hall–Kier alpha value is -1.19. The zero-order chi connectivity index (χ0) is 25.8. The van der Waals surface area contributed by atoms with Crippen LogP contribution < -0.4 is 0 Å². The van der Waals surface area contributed by atoms with Gasteiger partial charge in [-0.2, -0.15) is 0 Å². The molecule has 0 bridgehead atoms. The average Bonchev–Trinajstić information content (AvgIpc) is 2.66. The summed E-state index contributed by atoms with van der Waals surface area (Å²) in [6, 6.07) is 21.6. The molecule has 1 fully saturated rings. The van der Waals surface area contributed by atoms with Crippen LogP contribution in [-0.2, 0) is 8.85 Å². The fourth-order valence-corrected chi connectivity index (χ4v) is 55.9. The van der Waals surface area contributed by atoms with Crippen molar-refractivity contribution in [2.24, 2.45) is 5.41 Å². The topological polar surface area (TPSA) is 18.5 Å². The molecule has 1 saturated heterocycles. The Morgan fingerprint density at radius 1 is 0.706 bits per heavy atom. The first-order valence-electron chi connectivity index (χ1n) is 12.6. The van der Waals surface area contributed by atoms with Gasteiger partial charge in [-0.3, -0.25) is 0 Å². The molecule has 2 nitrogen and oxygen atoms in total. The van der Waals surface area contributed by atoms with Crippen LogP contribution >= 0.6 is 0 Å². The molecule has 1 atom stereocenters. The third-order valence-corrected chi connectivity index (χ3v) is 43.9. The first kappa shape index (κ1) is 27.4. The fourth-order valence-electron chi connectivity index (χ4n) is 6.36. The highest BCUT2D eigenvalue weighted by Gasteiger charge is 2.83. The Bertz CT molecular complexity index is 981. The predicted molar refractivity (Wildman–Crippen MR) is 159 cm³/mol. The molecule has 0 saturated carbocycles. The molecule has 6 heteroatoms. The van der Waals surface area contributed by atoms with Gasteiger partial charge in [0.25, 0.3) is 7.35 Å². The van der Waals surface area contributed by atoms with Crippen LogP contribution in [0.5, 0.6) is 0 Å². The molecule has 0 aromatic heterocycles. The molecular formula is C28H46O2Si4. The van der Waals surface area contributed by atoms with Crippen molar-refractivity contribution >= 4 is 36.4 Å². The van der Waals surface area contributed by atoms with Gasteiger partial charge in [0.05, 0.1) is 15.2 Å². The van der Waals surface area contributed by atoms with E-state index in [1.807, 2.05) is 0 Å². The highest BCUT2D eigenvalue weighted by Crippen LogP contribution is 2.64. The van der Waals surface area contributed by atoms with Crippen LogP contribution in [0.4, 0.5) is 0 Å². The molecule has 1 heterocycles. The predicted octanol–water partition coefficient (Wildman–Crippen LogP) is 8.43. The zero-order valence-electron chi connectivity index (χ0n) is 23.6. The maximum absolute atomic E-state index is 7.62. The first-order chi connectivity index (χ1) is 15.4. The Labute approximate surface area is 212 Å². The van der Waals surface area contributed by atoms with E-state index in [1.54, 1.807) is 0 Å². The van der Waals surface area contributed by atoms with E-state index in [-0.39, 0.29) is 10.6 Å². The van der Waals surface area contributed by atoms with Crippen LogP contribution in [-0.4, -0.2) is 36.1 Å². The van der Waals surface area contributed by atoms with Gasteiger partial charge in [0.2, 0.25) is 0 Å². The molecule has 0 spiro atoms.